The van der Waals surface area contributed by atoms with Gasteiger partial charge in [-0.2, -0.15) is 5.26 Å². The molecular weight excluding hydrogens is 208 g/mol. The number of nitrogens with zero attached hydrogens (tertiary/aromatic N) is 4. The van der Waals surface area contributed by atoms with Gasteiger partial charge in [-0.1, -0.05) is 0 Å². The minimum atomic E-state index is -0.368. The SMILES string of the molecule is CCN(CC(=O)OC)c1nccc(C#N)n1. The van der Waals surface area contributed by atoms with Crippen molar-refractivity contribution in [1.29, 1.82) is 5.26 Å². The summed E-state index contributed by atoms with van der Waals surface area (Å²) < 4.78 is 4.56. The van der Waals surface area contributed by atoms with E-state index >= 15 is 0 Å². The van der Waals surface area contributed by atoms with E-state index in [1.165, 1.54) is 19.4 Å². The van der Waals surface area contributed by atoms with E-state index in [0.717, 1.165) is 0 Å². The number of anilines is 1. The standard InChI is InChI=1S/C10H12N4O2/c1-3-14(7-9(15)16-2)10-12-5-4-8(6-11)13-10/h4-5H,3,7H2,1-2H3. The van der Waals surface area contributed by atoms with Gasteiger partial charge in [0.2, 0.25) is 5.95 Å². The second-order valence-corrected chi connectivity index (χ2v) is 2.94. The Hall–Kier alpha value is -2.16. The van der Waals surface area contributed by atoms with Crippen LogP contribution < -0.4 is 4.90 Å². The summed E-state index contributed by atoms with van der Waals surface area (Å²) in [5.41, 5.74) is 0.272. The average molecular weight is 220 g/mol. The van der Waals surface area contributed by atoms with Crippen LogP contribution in [0.1, 0.15) is 12.6 Å². The number of hydrogen-bond donors (Lipinski definition) is 0. The second-order valence-electron chi connectivity index (χ2n) is 2.94. The molecule has 0 spiro atoms. The molecule has 1 heterocycles. The van der Waals surface area contributed by atoms with Crippen molar-refractivity contribution in [3.8, 4) is 6.07 Å². The van der Waals surface area contributed by atoms with Gasteiger partial charge in [0.1, 0.15) is 18.3 Å². The lowest BCUT2D eigenvalue weighted by atomic mass is 10.4. The zero-order chi connectivity index (χ0) is 12.0. The molecule has 1 rings (SSSR count). The lowest BCUT2D eigenvalue weighted by Gasteiger charge is -2.18. The van der Waals surface area contributed by atoms with Crippen LogP contribution >= 0.6 is 0 Å². The molecule has 6 nitrogen and oxygen atoms in total. The van der Waals surface area contributed by atoms with Gasteiger partial charge in [-0.3, -0.25) is 4.79 Å². The number of hydrogen-bond acceptors (Lipinski definition) is 6. The van der Waals surface area contributed by atoms with Gasteiger partial charge in [0.15, 0.2) is 0 Å². The van der Waals surface area contributed by atoms with Crippen LogP contribution in [0.25, 0.3) is 0 Å². The predicted octanol–water partition coefficient (Wildman–Crippen LogP) is 0.348. The molecule has 0 aliphatic rings. The van der Waals surface area contributed by atoms with Crippen LogP contribution in [-0.2, 0) is 9.53 Å². The van der Waals surface area contributed by atoms with Crippen molar-refractivity contribution in [3.05, 3.63) is 18.0 Å². The first-order chi connectivity index (χ1) is 7.71. The van der Waals surface area contributed by atoms with Crippen molar-refractivity contribution >= 4 is 11.9 Å². The quantitative estimate of drug-likeness (QED) is 0.681. The monoisotopic (exact) mass is 220 g/mol. The van der Waals surface area contributed by atoms with Crippen LogP contribution in [0.3, 0.4) is 0 Å². The Balaban J connectivity index is 2.86. The highest BCUT2D eigenvalue weighted by atomic mass is 16.5. The highest BCUT2D eigenvalue weighted by Gasteiger charge is 2.12. The first-order valence-electron chi connectivity index (χ1n) is 4.76. The van der Waals surface area contributed by atoms with E-state index in [-0.39, 0.29) is 18.2 Å². The maximum atomic E-state index is 11.1. The van der Waals surface area contributed by atoms with Crippen LogP contribution in [0.15, 0.2) is 12.3 Å². The van der Waals surface area contributed by atoms with Crippen molar-refractivity contribution < 1.29 is 9.53 Å². The van der Waals surface area contributed by atoms with E-state index in [0.29, 0.717) is 12.5 Å². The molecule has 0 N–H and O–H groups in total. The number of nitriles is 1. The van der Waals surface area contributed by atoms with E-state index < -0.39 is 0 Å². The molecule has 1 aromatic heterocycles. The van der Waals surface area contributed by atoms with E-state index in [2.05, 4.69) is 14.7 Å². The van der Waals surface area contributed by atoms with Crippen LogP contribution in [0.4, 0.5) is 5.95 Å². The molecule has 0 saturated heterocycles. The molecule has 1 aromatic rings. The van der Waals surface area contributed by atoms with Crippen LogP contribution in [0.2, 0.25) is 0 Å². The molecule has 0 radical (unpaired) electrons. The summed E-state index contributed by atoms with van der Waals surface area (Å²) in [6.45, 7) is 2.50. The molecule has 84 valence electrons. The number of esters is 1. The van der Waals surface area contributed by atoms with Gasteiger partial charge in [-0.15, -0.1) is 0 Å². The fraction of sp³-hybridized carbons (Fsp3) is 0.400. The molecule has 0 aliphatic heterocycles. The Kier molecular flexibility index (Phi) is 4.21. The summed E-state index contributed by atoms with van der Waals surface area (Å²) in [5.74, 6) is -0.0141. The number of likely N-dealkylation sites (N-methyl/N-ethyl adjacent to an activating group) is 1. The molecular formula is C10H12N4O2. The van der Waals surface area contributed by atoms with Gasteiger partial charge in [-0.05, 0) is 13.0 Å². The first-order valence-corrected chi connectivity index (χ1v) is 4.76. The Morgan fingerprint density at radius 1 is 1.69 bits per heavy atom. The third-order valence-corrected chi connectivity index (χ3v) is 1.97. The topological polar surface area (TPSA) is 79.1 Å². The van der Waals surface area contributed by atoms with Gasteiger partial charge in [0, 0.05) is 12.7 Å². The summed E-state index contributed by atoms with van der Waals surface area (Å²) >= 11 is 0. The molecule has 0 aromatic carbocycles. The molecule has 6 heteroatoms. The Labute approximate surface area is 93.5 Å². The molecule has 0 fully saturated rings. The van der Waals surface area contributed by atoms with E-state index in [4.69, 9.17) is 5.26 Å². The van der Waals surface area contributed by atoms with Crippen molar-refractivity contribution in [2.45, 2.75) is 6.92 Å². The summed E-state index contributed by atoms with van der Waals surface area (Å²) in [6.07, 6.45) is 1.49. The van der Waals surface area contributed by atoms with E-state index in [1.807, 2.05) is 13.0 Å². The summed E-state index contributed by atoms with van der Waals surface area (Å²) in [4.78, 5) is 20.8. The number of carbonyl (C=O) groups excluding carboxylic acids is 1. The Bertz CT molecular complexity index is 414. The van der Waals surface area contributed by atoms with E-state index in [1.54, 1.807) is 4.90 Å². The van der Waals surface area contributed by atoms with Gasteiger partial charge in [-0.25, -0.2) is 9.97 Å². The number of carbonyl (C=O) groups is 1. The minimum absolute atomic E-state index is 0.0713. The Morgan fingerprint density at radius 3 is 3.00 bits per heavy atom. The van der Waals surface area contributed by atoms with Gasteiger partial charge in [0.25, 0.3) is 0 Å². The second kappa shape index (κ2) is 5.66. The van der Waals surface area contributed by atoms with Crippen molar-refractivity contribution in [2.75, 3.05) is 25.1 Å². The fourth-order valence-electron chi connectivity index (χ4n) is 1.11. The molecule has 0 atom stereocenters. The number of aromatic nitrogens is 2. The van der Waals surface area contributed by atoms with Crippen molar-refractivity contribution in [3.63, 3.8) is 0 Å². The molecule has 0 unspecified atom stereocenters. The van der Waals surface area contributed by atoms with Crippen molar-refractivity contribution in [1.82, 2.24) is 9.97 Å². The fourth-order valence-corrected chi connectivity index (χ4v) is 1.11. The molecule has 0 bridgehead atoms. The van der Waals surface area contributed by atoms with Gasteiger partial charge in [0.05, 0.1) is 7.11 Å². The molecule has 16 heavy (non-hydrogen) atoms. The molecule has 0 saturated carbocycles. The molecule has 0 aliphatic carbocycles. The third-order valence-electron chi connectivity index (χ3n) is 1.97. The number of methoxy groups -OCH3 is 1. The maximum absolute atomic E-state index is 11.1. The lowest BCUT2D eigenvalue weighted by molar-refractivity contribution is -0.138. The largest absolute Gasteiger partial charge is 0.468 e. The zero-order valence-electron chi connectivity index (χ0n) is 9.17. The van der Waals surface area contributed by atoms with Crippen LogP contribution in [0, 0.1) is 11.3 Å². The van der Waals surface area contributed by atoms with Crippen LogP contribution in [0.5, 0.6) is 0 Å². The highest BCUT2D eigenvalue weighted by Crippen LogP contribution is 2.06. The first kappa shape index (κ1) is 11.9. The zero-order valence-corrected chi connectivity index (χ0v) is 9.17. The van der Waals surface area contributed by atoms with E-state index in [9.17, 15) is 4.79 Å². The average Bonchev–Trinajstić information content (AvgIpc) is 2.35. The number of ether oxygens (including phenoxy) is 1. The smallest absolute Gasteiger partial charge is 0.325 e. The lowest BCUT2D eigenvalue weighted by Crippen LogP contribution is -2.31. The highest BCUT2D eigenvalue weighted by molar-refractivity contribution is 5.74. The van der Waals surface area contributed by atoms with Crippen molar-refractivity contribution in [2.24, 2.45) is 0 Å². The third kappa shape index (κ3) is 2.92. The summed E-state index contributed by atoms with van der Waals surface area (Å²) in [6, 6.07) is 3.43. The van der Waals surface area contributed by atoms with Gasteiger partial charge >= 0.3 is 5.97 Å². The minimum Gasteiger partial charge on any atom is -0.468 e. The van der Waals surface area contributed by atoms with Gasteiger partial charge < -0.3 is 9.64 Å². The Morgan fingerprint density at radius 2 is 2.44 bits per heavy atom. The predicted molar refractivity (Wildman–Crippen MR) is 56.7 cm³/mol. The maximum Gasteiger partial charge on any atom is 0.325 e. The summed E-state index contributed by atoms with van der Waals surface area (Å²) in [5, 5.41) is 8.69. The van der Waals surface area contributed by atoms with Crippen LogP contribution in [-0.4, -0.2) is 36.1 Å². The normalized spacial score (nSPS) is 9.31. The molecule has 0 amide bonds. The summed E-state index contributed by atoms with van der Waals surface area (Å²) in [7, 11) is 1.32. The number of rotatable bonds is 4.